The molecule has 0 saturated carbocycles. The van der Waals surface area contributed by atoms with Gasteiger partial charge >= 0.3 is 0 Å². The van der Waals surface area contributed by atoms with Crippen molar-refractivity contribution in [2.45, 2.75) is 13.8 Å². The van der Waals surface area contributed by atoms with Crippen LogP contribution in [0.1, 0.15) is 11.1 Å². The number of nitrogens with zero attached hydrogens (tertiary/aromatic N) is 4. The maximum absolute atomic E-state index is 5.36. The second kappa shape index (κ2) is 12.9. The van der Waals surface area contributed by atoms with Crippen molar-refractivity contribution in [2.75, 3.05) is 0 Å². The van der Waals surface area contributed by atoms with Crippen LogP contribution in [-0.4, -0.2) is 19.1 Å². The Balaban J connectivity index is 1.15. The van der Waals surface area contributed by atoms with Crippen LogP contribution in [-0.2, 0) is 0 Å². The van der Waals surface area contributed by atoms with Gasteiger partial charge in [-0.1, -0.05) is 103 Å². The molecule has 7 aromatic carbocycles. The number of pyridine rings is 1. The minimum atomic E-state index is 0.895. The molecular formula is C50H36N4. The summed E-state index contributed by atoms with van der Waals surface area (Å²) in [6, 6.07) is 64.6. The van der Waals surface area contributed by atoms with Gasteiger partial charge in [-0.05, 0) is 115 Å². The SMILES string of the molecule is Cc1cccc(C)c1-c1cc(-c2cccc(-c3cccc(-n4c5ccccc5c5ccccc54)c3)n2)cc(-c2nc3ccccc3n2-c2ccccc2)c1. The van der Waals surface area contributed by atoms with E-state index in [-0.39, 0.29) is 0 Å². The number of aromatic nitrogens is 4. The normalized spacial score (nSPS) is 11.5. The summed E-state index contributed by atoms with van der Waals surface area (Å²) in [5, 5.41) is 2.50. The van der Waals surface area contributed by atoms with Crippen LogP contribution in [0.4, 0.5) is 0 Å². The standard InChI is InChI=1S/C50H36N4/c1-33-15-12-16-34(2)49(33)37-29-36(30-38(31-37)50-52-45-23-8-11-28-48(45)54(50)39-18-4-3-5-19-39)44-25-14-24-43(51-44)35-17-13-20-40(32-35)53-46-26-9-6-21-41(46)42-22-7-10-27-47(42)53/h3-32H,1-2H3. The zero-order valence-electron chi connectivity index (χ0n) is 30.1. The van der Waals surface area contributed by atoms with Crippen LogP contribution in [0.3, 0.4) is 0 Å². The maximum atomic E-state index is 5.36. The van der Waals surface area contributed by atoms with Crippen LogP contribution >= 0.6 is 0 Å². The van der Waals surface area contributed by atoms with E-state index in [9.17, 15) is 0 Å². The number of imidazole rings is 1. The molecule has 3 heterocycles. The van der Waals surface area contributed by atoms with E-state index < -0.39 is 0 Å². The van der Waals surface area contributed by atoms with Crippen molar-refractivity contribution >= 4 is 32.8 Å². The molecule has 0 spiro atoms. The first kappa shape index (κ1) is 31.7. The third kappa shape index (κ3) is 5.31. The van der Waals surface area contributed by atoms with E-state index in [1.54, 1.807) is 0 Å². The Bertz CT molecular complexity index is 2950. The smallest absolute Gasteiger partial charge is 0.145 e. The molecule has 0 fully saturated rings. The highest BCUT2D eigenvalue weighted by Crippen LogP contribution is 2.38. The Kier molecular flexibility index (Phi) is 7.55. The van der Waals surface area contributed by atoms with Gasteiger partial charge in [-0.25, -0.2) is 9.97 Å². The molecule has 256 valence electrons. The molecule has 0 radical (unpaired) electrons. The zero-order chi connectivity index (χ0) is 36.2. The van der Waals surface area contributed by atoms with Gasteiger partial charge < -0.3 is 4.57 Å². The van der Waals surface area contributed by atoms with Gasteiger partial charge in [0, 0.05) is 38.8 Å². The van der Waals surface area contributed by atoms with E-state index in [4.69, 9.17) is 9.97 Å². The van der Waals surface area contributed by atoms with Crippen LogP contribution in [0.2, 0.25) is 0 Å². The average Bonchev–Trinajstić information content (AvgIpc) is 3.78. The molecule has 4 heteroatoms. The first-order valence-electron chi connectivity index (χ1n) is 18.4. The summed E-state index contributed by atoms with van der Waals surface area (Å²) >= 11 is 0. The van der Waals surface area contributed by atoms with Gasteiger partial charge in [-0.3, -0.25) is 4.57 Å². The summed E-state index contributed by atoms with van der Waals surface area (Å²) in [6.07, 6.45) is 0. The topological polar surface area (TPSA) is 35.6 Å². The van der Waals surface area contributed by atoms with Gasteiger partial charge in [0.2, 0.25) is 0 Å². The number of fused-ring (bicyclic) bond motifs is 4. The lowest BCUT2D eigenvalue weighted by Crippen LogP contribution is -1.99. The Morgan fingerprint density at radius 3 is 1.67 bits per heavy atom. The highest BCUT2D eigenvalue weighted by atomic mass is 15.1. The predicted octanol–water partition coefficient (Wildman–Crippen LogP) is 12.8. The summed E-state index contributed by atoms with van der Waals surface area (Å²) < 4.78 is 4.63. The van der Waals surface area contributed by atoms with Crippen molar-refractivity contribution in [3.8, 4) is 56.4 Å². The molecule has 54 heavy (non-hydrogen) atoms. The fourth-order valence-electron chi connectivity index (χ4n) is 8.14. The Morgan fingerprint density at radius 1 is 0.370 bits per heavy atom. The number of hydrogen-bond donors (Lipinski definition) is 0. The summed E-state index contributed by atoms with van der Waals surface area (Å²) in [5.74, 6) is 0.895. The minimum Gasteiger partial charge on any atom is -0.309 e. The van der Waals surface area contributed by atoms with Crippen LogP contribution < -0.4 is 0 Å². The largest absolute Gasteiger partial charge is 0.309 e. The van der Waals surface area contributed by atoms with E-state index in [0.29, 0.717) is 0 Å². The molecule has 0 atom stereocenters. The lowest BCUT2D eigenvalue weighted by molar-refractivity contribution is 1.10. The van der Waals surface area contributed by atoms with Gasteiger partial charge in [0.1, 0.15) is 5.82 Å². The monoisotopic (exact) mass is 692 g/mol. The second-order valence-electron chi connectivity index (χ2n) is 14.0. The molecule has 0 saturated heterocycles. The number of hydrogen-bond acceptors (Lipinski definition) is 2. The molecule has 4 nitrogen and oxygen atoms in total. The first-order valence-corrected chi connectivity index (χ1v) is 18.4. The minimum absolute atomic E-state index is 0.895. The third-order valence-electron chi connectivity index (χ3n) is 10.6. The highest BCUT2D eigenvalue weighted by Gasteiger charge is 2.19. The van der Waals surface area contributed by atoms with Gasteiger partial charge in [-0.2, -0.15) is 0 Å². The first-order chi connectivity index (χ1) is 26.6. The Morgan fingerprint density at radius 2 is 0.926 bits per heavy atom. The Labute approximate surface area is 314 Å². The molecular weight excluding hydrogens is 657 g/mol. The van der Waals surface area contributed by atoms with Crippen molar-refractivity contribution in [3.05, 3.63) is 193 Å². The van der Waals surface area contributed by atoms with Crippen molar-refractivity contribution in [1.29, 1.82) is 0 Å². The highest BCUT2D eigenvalue weighted by molar-refractivity contribution is 6.09. The molecule has 10 aromatic rings. The summed E-state index contributed by atoms with van der Waals surface area (Å²) in [5.41, 5.74) is 16.4. The quantitative estimate of drug-likeness (QED) is 0.174. The number of aryl methyl sites for hydroxylation is 2. The summed E-state index contributed by atoms with van der Waals surface area (Å²) in [4.78, 5) is 10.6. The molecule has 3 aromatic heterocycles. The van der Waals surface area contributed by atoms with Crippen molar-refractivity contribution in [2.24, 2.45) is 0 Å². The Hall–Kier alpha value is -7.04. The second-order valence-corrected chi connectivity index (χ2v) is 14.0. The van der Waals surface area contributed by atoms with Crippen LogP contribution in [0, 0.1) is 13.8 Å². The number of rotatable bonds is 6. The van der Waals surface area contributed by atoms with Gasteiger partial charge in [-0.15, -0.1) is 0 Å². The number of para-hydroxylation sites is 5. The molecule has 0 unspecified atom stereocenters. The van der Waals surface area contributed by atoms with Crippen LogP contribution in [0.25, 0.3) is 89.2 Å². The van der Waals surface area contributed by atoms with Crippen LogP contribution in [0.15, 0.2) is 182 Å². The van der Waals surface area contributed by atoms with Gasteiger partial charge in [0.05, 0.1) is 33.5 Å². The lowest BCUT2D eigenvalue weighted by Gasteiger charge is -2.16. The molecule has 0 amide bonds. The fraction of sp³-hybridized carbons (Fsp3) is 0.0400. The van der Waals surface area contributed by atoms with E-state index >= 15 is 0 Å². The van der Waals surface area contributed by atoms with E-state index in [2.05, 4.69) is 205 Å². The molecule has 0 aliphatic heterocycles. The van der Waals surface area contributed by atoms with Crippen LogP contribution in [0.5, 0.6) is 0 Å². The van der Waals surface area contributed by atoms with Gasteiger partial charge in [0.25, 0.3) is 0 Å². The molecule has 0 N–H and O–H groups in total. The number of benzene rings is 7. The van der Waals surface area contributed by atoms with Crippen molar-refractivity contribution < 1.29 is 0 Å². The predicted molar refractivity (Wildman–Crippen MR) is 224 cm³/mol. The summed E-state index contributed by atoms with van der Waals surface area (Å²) in [7, 11) is 0. The summed E-state index contributed by atoms with van der Waals surface area (Å²) in [6.45, 7) is 4.38. The lowest BCUT2D eigenvalue weighted by atomic mass is 9.92. The fourth-order valence-corrected chi connectivity index (χ4v) is 8.14. The van der Waals surface area contributed by atoms with E-state index in [0.717, 1.165) is 61.9 Å². The third-order valence-corrected chi connectivity index (χ3v) is 10.6. The molecule has 0 aliphatic rings. The maximum Gasteiger partial charge on any atom is 0.145 e. The zero-order valence-corrected chi connectivity index (χ0v) is 30.1. The average molecular weight is 693 g/mol. The molecule has 0 aliphatic carbocycles. The van der Waals surface area contributed by atoms with E-state index in [1.807, 2.05) is 0 Å². The van der Waals surface area contributed by atoms with Crippen molar-refractivity contribution in [3.63, 3.8) is 0 Å². The molecule has 0 bridgehead atoms. The molecule has 10 rings (SSSR count). The van der Waals surface area contributed by atoms with Gasteiger partial charge in [0.15, 0.2) is 0 Å². The van der Waals surface area contributed by atoms with E-state index in [1.165, 1.54) is 38.5 Å². The van der Waals surface area contributed by atoms with Crippen molar-refractivity contribution in [1.82, 2.24) is 19.1 Å².